The van der Waals surface area contributed by atoms with Crippen LogP contribution in [0.5, 0.6) is 0 Å². The Balaban J connectivity index is 2.37. The Morgan fingerprint density at radius 3 is 3.00 bits per heavy atom. The van der Waals surface area contributed by atoms with Crippen LogP contribution in [0.3, 0.4) is 0 Å². The van der Waals surface area contributed by atoms with Crippen LogP contribution in [0.25, 0.3) is 0 Å². The fraction of sp³-hybridized carbons (Fsp3) is 0.500. The van der Waals surface area contributed by atoms with Gasteiger partial charge in [0, 0.05) is 38.3 Å². The first kappa shape index (κ1) is 9.82. The largest absolute Gasteiger partial charge is 0.312 e. The maximum absolute atomic E-state index is 5.14. The van der Waals surface area contributed by atoms with Crippen molar-refractivity contribution < 1.29 is 0 Å². The molecule has 0 radical (unpaired) electrons. The molecular weight excluding hydrogens is 162 g/mol. The monoisotopic (exact) mass is 177 g/mol. The van der Waals surface area contributed by atoms with E-state index in [0.29, 0.717) is 0 Å². The lowest BCUT2D eigenvalue weighted by Gasteiger charge is -1.99. The lowest BCUT2D eigenvalue weighted by molar-refractivity contribution is 0.698. The molecule has 1 aromatic rings. The number of hydrogen-bond acceptors (Lipinski definition) is 2. The zero-order valence-electron chi connectivity index (χ0n) is 8.17. The van der Waals surface area contributed by atoms with E-state index in [2.05, 4.69) is 16.3 Å². The van der Waals surface area contributed by atoms with Crippen molar-refractivity contribution in [1.29, 1.82) is 0 Å². The van der Waals surface area contributed by atoms with Crippen LogP contribution in [0, 0.1) is 19.3 Å². The van der Waals surface area contributed by atoms with Gasteiger partial charge in [-0.15, -0.1) is 12.3 Å². The highest BCUT2D eigenvalue weighted by atomic mass is 15.2. The third kappa shape index (κ3) is 2.92. The summed E-state index contributed by atoms with van der Waals surface area (Å²) in [6.07, 6.45) is 7.94. The molecule has 70 valence electrons. The molecule has 0 aromatic carbocycles. The van der Waals surface area contributed by atoms with Crippen molar-refractivity contribution in [1.82, 2.24) is 15.1 Å². The van der Waals surface area contributed by atoms with E-state index in [4.69, 9.17) is 6.42 Å². The van der Waals surface area contributed by atoms with Gasteiger partial charge >= 0.3 is 0 Å². The van der Waals surface area contributed by atoms with Crippen LogP contribution in [0.2, 0.25) is 0 Å². The van der Waals surface area contributed by atoms with Gasteiger partial charge in [0.25, 0.3) is 0 Å². The molecule has 0 aliphatic rings. The van der Waals surface area contributed by atoms with Gasteiger partial charge in [-0.25, -0.2) is 0 Å². The van der Waals surface area contributed by atoms with Gasteiger partial charge in [0.1, 0.15) is 0 Å². The molecule has 1 heterocycles. The molecule has 0 amide bonds. The predicted octanol–water partition coefficient (Wildman–Crippen LogP) is 0.841. The summed E-state index contributed by atoms with van der Waals surface area (Å²) in [6.45, 7) is 3.73. The van der Waals surface area contributed by atoms with Crippen molar-refractivity contribution in [3.05, 3.63) is 17.5 Å². The maximum atomic E-state index is 5.14. The topological polar surface area (TPSA) is 29.9 Å². The number of hydrogen-bond donors (Lipinski definition) is 1. The Morgan fingerprint density at radius 2 is 2.46 bits per heavy atom. The molecule has 0 aliphatic carbocycles. The fourth-order valence-corrected chi connectivity index (χ4v) is 1.21. The van der Waals surface area contributed by atoms with Crippen molar-refractivity contribution >= 4 is 0 Å². The normalized spacial score (nSPS) is 9.92. The second-order valence-electron chi connectivity index (χ2n) is 3.04. The van der Waals surface area contributed by atoms with Gasteiger partial charge in [-0.2, -0.15) is 5.10 Å². The van der Waals surface area contributed by atoms with Crippen molar-refractivity contribution in [3.63, 3.8) is 0 Å². The predicted molar refractivity (Wildman–Crippen MR) is 53.1 cm³/mol. The second kappa shape index (κ2) is 4.68. The summed E-state index contributed by atoms with van der Waals surface area (Å²) < 4.78 is 1.83. The Morgan fingerprint density at radius 1 is 1.69 bits per heavy atom. The van der Waals surface area contributed by atoms with Crippen molar-refractivity contribution in [2.75, 3.05) is 6.54 Å². The van der Waals surface area contributed by atoms with Crippen molar-refractivity contribution in [2.45, 2.75) is 19.9 Å². The van der Waals surface area contributed by atoms with Crippen molar-refractivity contribution in [2.24, 2.45) is 7.05 Å². The molecule has 0 unspecified atom stereocenters. The summed E-state index contributed by atoms with van der Waals surface area (Å²) >= 11 is 0. The molecule has 0 atom stereocenters. The molecule has 0 aliphatic heterocycles. The number of aromatic nitrogens is 2. The third-order valence-electron chi connectivity index (χ3n) is 1.88. The lowest BCUT2D eigenvalue weighted by atomic mass is 10.2. The SMILES string of the molecule is C#CCCNCc1cn(C)nc1C. The summed E-state index contributed by atoms with van der Waals surface area (Å²) in [5.74, 6) is 2.59. The molecule has 0 spiro atoms. The summed E-state index contributed by atoms with van der Waals surface area (Å²) in [5.41, 5.74) is 2.32. The third-order valence-corrected chi connectivity index (χ3v) is 1.88. The summed E-state index contributed by atoms with van der Waals surface area (Å²) in [6, 6.07) is 0. The van der Waals surface area contributed by atoms with Crippen LogP contribution < -0.4 is 5.32 Å². The Hall–Kier alpha value is -1.27. The zero-order valence-corrected chi connectivity index (χ0v) is 8.17. The van der Waals surface area contributed by atoms with Gasteiger partial charge in [-0.3, -0.25) is 4.68 Å². The maximum Gasteiger partial charge on any atom is 0.0638 e. The van der Waals surface area contributed by atoms with E-state index < -0.39 is 0 Å². The van der Waals surface area contributed by atoms with Crippen molar-refractivity contribution in [3.8, 4) is 12.3 Å². The van der Waals surface area contributed by atoms with Gasteiger partial charge < -0.3 is 5.32 Å². The summed E-state index contributed by atoms with van der Waals surface area (Å²) in [5, 5.41) is 7.51. The molecule has 3 nitrogen and oxygen atoms in total. The van der Waals surface area contributed by atoms with E-state index in [9.17, 15) is 0 Å². The highest BCUT2D eigenvalue weighted by Crippen LogP contribution is 2.03. The first-order chi connectivity index (χ1) is 6.24. The second-order valence-corrected chi connectivity index (χ2v) is 3.04. The minimum atomic E-state index is 0.777. The summed E-state index contributed by atoms with van der Waals surface area (Å²) in [7, 11) is 1.93. The molecule has 3 heteroatoms. The van der Waals surface area contributed by atoms with Gasteiger partial charge in [-0.05, 0) is 6.92 Å². The highest BCUT2D eigenvalue weighted by Gasteiger charge is 2.00. The van der Waals surface area contributed by atoms with Gasteiger partial charge in [0.2, 0.25) is 0 Å². The minimum absolute atomic E-state index is 0.777. The molecular formula is C10H15N3. The number of nitrogens with one attached hydrogen (secondary N) is 1. The Kier molecular flexibility index (Phi) is 3.53. The molecule has 0 bridgehead atoms. The van der Waals surface area contributed by atoms with E-state index in [-0.39, 0.29) is 0 Å². The first-order valence-electron chi connectivity index (χ1n) is 4.37. The molecule has 0 saturated carbocycles. The molecule has 13 heavy (non-hydrogen) atoms. The number of aryl methyl sites for hydroxylation is 2. The van der Waals surface area contributed by atoms with Crippen LogP contribution in [0.4, 0.5) is 0 Å². The number of terminal acetylenes is 1. The highest BCUT2D eigenvalue weighted by molar-refractivity contribution is 5.14. The van der Waals surface area contributed by atoms with Crippen LogP contribution in [0.15, 0.2) is 6.20 Å². The lowest BCUT2D eigenvalue weighted by Crippen LogP contribution is -2.14. The van der Waals surface area contributed by atoms with E-state index >= 15 is 0 Å². The van der Waals surface area contributed by atoms with E-state index in [1.807, 2.05) is 24.9 Å². The van der Waals surface area contributed by atoms with Crippen LogP contribution in [-0.4, -0.2) is 16.3 Å². The standard InChI is InChI=1S/C10H15N3/c1-4-5-6-11-7-10-8-13(3)12-9(10)2/h1,8,11H,5-7H2,2-3H3. The minimum Gasteiger partial charge on any atom is -0.312 e. The molecule has 0 saturated heterocycles. The number of rotatable bonds is 4. The Labute approximate surface area is 79.1 Å². The molecule has 1 aromatic heterocycles. The quantitative estimate of drug-likeness (QED) is 0.545. The van der Waals surface area contributed by atoms with Crippen LogP contribution in [-0.2, 0) is 13.6 Å². The van der Waals surface area contributed by atoms with Gasteiger partial charge in [-0.1, -0.05) is 0 Å². The van der Waals surface area contributed by atoms with Crippen LogP contribution >= 0.6 is 0 Å². The fourth-order valence-electron chi connectivity index (χ4n) is 1.21. The molecule has 1 rings (SSSR count). The smallest absolute Gasteiger partial charge is 0.0638 e. The van der Waals surface area contributed by atoms with Gasteiger partial charge in [0.05, 0.1) is 5.69 Å². The molecule has 1 N–H and O–H groups in total. The first-order valence-corrected chi connectivity index (χ1v) is 4.37. The van der Waals surface area contributed by atoms with E-state index in [0.717, 1.165) is 25.2 Å². The van der Waals surface area contributed by atoms with E-state index in [1.54, 1.807) is 0 Å². The average molecular weight is 177 g/mol. The molecule has 0 fully saturated rings. The van der Waals surface area contributed by atoms with E-state index in [1.165, 1.54) is 5.56 Å². The zero-order chi connectivity index (χ0) is 9.68. The summed E-state index contributed by atoms with van der Waals surface area (Å²) in [4.78, 5) is 0. The Bertz CT molecular complexity index is 306. The van der Waals surface area contributed by atoms with Gasteiger partial charge in [0.15, 0.2) is 0 Å². The average Bonchev–Trinajstić information content (AvgIpc) is 2.39. The number of nitrogens with zero attached hydrogens (tertiary/aromatic N) is 2. The van der Waals surface area contributed by atoms with Crippen LogP contribution in [0.1, 0.15) is 17.7 Å².